The number of hydrogen-bond donors (Lipinski definition) is 2. The second-order valence-corrected chi connectivity index (χ2v) is 4.95. The van der Waals surface area contributed by atoms with Crippen LogP contribution in [0.5, 0.6) is 11.5 Å². The Morgan fingerprint density at radius 2 is 1.94 bits per heavy atom. The molecule has 0 aromatic heterocycles. The van der Waals surface area contributed by atoms with E-state index in [9.17, 15) is 5.11 Å². The molecule has 4 heteroatoms. The fourth-order valence-electron chi connectivity index (χ4n) is 2.03. The van der Waals surface area contributed by atoms with Gasteiger partial charge in [-0.15, -0.1) is 0 Å². The molecule has 2 rings (SSSR count). The predicted molar refractivity (Wildman–Crippen MR) is 70.0 cm³/mol. The summed E-state index contributed by atoms with van der Waals surface area (Å²) in [5.74, 6) is 1.50. The number of nitrogens with one attached hydrogen (secondary N) is 1. The van der Waals surface area contributed by atoms with Gasteiger partial charge < -0.3 is 19.9 Å². The molecule has 1 aliphatic carbocycles. The van der Waals surface area contributed by atoms with Crippen LogP contribution in [0.4, 0.5) is 0 Å². The van der Waals surface area contributed by atoms with Crippen LogP contribution in [0, 0.1) is 5.41 Å². The van der Waals surface area contributed by atoms with E-state index in [-0.39, 0.29) is 12.0 Å². The topological polar surface area (TPSA) is 50.7 Å². The predicted octanol–water partition coefficient (Wildman–Crippen LogP) is 1.57. The molecule has 0 heterocycles. The Bertz CT molecular complexity index is 402. The number of aliphatic hydroxyl groups is 1. The first-order valence-electron chi connectivity index (χ1n) is 6.25. The lowest BCUT2D eigenvalue weighted by molar-refractivity contribution is 0.207. The average Bonchev–Trinajstić information content (AvgIpc) is 3.19. The molecular weight excluding hydrogens is 230 g/mol. The van der Waals surface area contributed by atoms with Gasteiger partial charge in [-0.2, -0.15) is 0 Å². The van der Waals surface area contributed by atoms with Crippen LogP contribution in [-0.4, -0.2) is 32.5 Å². The van der Waals surface area contributed by atoms with Gasteiger partial charge in [-0.3, -0.25) is 0 Å². The van der Waals surface area contributed by atoms with Crippen LogP contribution in [0.15, 0.2) is 18.2 Å². The number of ether oxygens (including phenoxy) is 2. The highest BCUT2D eigenvalue weighted by Crippen LogP contribution is 2.44. The standard InChI is InChI=1S/C14H21NO3/c1-17-12-4-3-11(7-13(12)18-2)8-15-9-14(10-16)5-6-14/h3-4,7,15-16H,5-6,8-10H2,1-2H3. The van der Waals surface area contributed by atoms with Crippen LogP contribution >= 0.6 is 0 Å². The zero-order valence-electron chi connectivity index (χ0n) is 11.0. The summed E-state index contributed by atoms with van der Waals surface area (Å²) in [6.45, 7) is 1.94. The minimum absolute atomic E-state index is 0.149. The molecule has 0 bridgehead atoms. The van der Waals surface area contributed by atoms with E-state index in [0.29, 0.717) is 0 Å². The SMILES string of the molecule is COc1ccc(CNCC2(CO)CC2)cc1OC. The molecule has 1 aliphatic rings. The molecule has 0 atom stereocenters. The highest BCUT2D eigenvalue weighted by molar-refractivity contribution is 5.42. The molecule has 1 fully saturated rings. The lowest BCUT2D eigenvalue weighted by atomic mass is 10.1. The fourth-order valence-corrected chi connectivity index (χ4v) is 2.03. The molecule has 1 aromatic rings. The molecule has 0 unspecified atom stereocenters. The zero-order valence-corrected chi connectivity index (χ0v) is 11.0. The van der Waals surface area contributed by atoms with Gasteiger partial charge in [0.1, 0.15) is 0 Å². The van der Waals surface area contributed by atoms with Crippen molar-refractivity contribution in [3.63, 3.8) is 0 Å². The molecule has 0 spiro atoms. The Balaban J connectivity index is 1.89. The van der Waals surface area contributed by atoms with Crippen molar-refractivity contribution in [3.05, 3.63) is 23.8 Å². The Morgan fingerprint density at radius 3 is 2.50 bits per heavy atom. The van der Waals surface area contributed by atoms with Gasteiger partial charge in [-0.25, -0.2) is 0 Å². The van der Waals surface area contributed by atoms with E-state index in [4.69, 9.17) is 9.47 Å². The summed E-state index contributed by atoms with van der Waals surface area (Å²) in [6, 6.07) is 5.91. The van der Waals surface area contributed by atoms with Crippen molar-refractivity contribution in [1.82, 2.24) is 5.32 Å². The summed E-state index contributed by atoms with van der Waals surface area (Å²) >= 11 is 0. The molecule has 4 nitrogen and oxygen atoms in total. The fraction of sp³-hybridized carbons (Fsp3) is 0.571. The van der Waals surface area contributed by atoms with Crippen LogP contribution in [0.1, 0.15) is 18.4 Å². The van der Waals surface area contributed by atoms with Crippen molar-refractivity contribution in [2.45, 2.75) is 19.4 Å². The van der Waals surface area contributed by atoms with E-state index in [2.05, 4.69) is 5.32 Å². The maximum Gasteiger partial charge on any atom is 0.161 e. The maximum atomic E-state index is 9.23. The first-order chi connectivity index (χ1) is 8.73. The third-order valence-corrected chi connectivity index (χ3v) is 3.57. The molecule has 18 heavy (non-hydrogen) atoms. The van der Waals surface area contributed by atoms with E-state index in [1.165, 1.54) is 0 Å². The third kappa shape index (κ3) is 2.94. The van der Waals surface area contributed by atoms with Crippen LogP contribution < -0.4 is 14.8 Å². The van der Waals surface area contributed by atoms with E-state index in [1.807, 2.05) is 18.2 Å². The average molecular weight is 251 g/mol. The molecular formula is C14H21NO3. The zero-order chi connectivity index (χ0) is 13.0. The maximum absolute atomic E-state index is 9.23. The van der Waals surface area contributed by atoms with Gasteiger partial charge in [0, 0.05) is 25.1 Å². The van der Waals surface area contributed by atoms with Crippen molar-refractivity contribution >= 4 is 0 Å². The minimum Gasteiger partial charge on any atom is -0.493 e. The molecule has 2 N–H and O–H groups in total. The quantitative estimate of drug-likeness (QED) is 0.772. The van der Waals surface area contributed by atoms with E-state index in [0.717, 1.165) is 43.0 Å². The first-order valence-corrected chi connectivity index (χ1v) is 6.25. The largest absolute Gasteiger partial charge is 0.493 e. The molecule has 0 aliphatic heterocycles. The number of rotatable bonds is 7. The van der Waals surface area contributed by atoms with Crippen LogP contribution in [0.3, 0.4) is 0 Å². The van der Waals surface area contributed by atoms with E-state index < -0.39 is 0 Å². The van der Waals surface area contributed by atoms with Crippen LogP contribution in [-0.2, 0) is 6.54 Å². The molecule has 0 amide bonds. The number of methoxy groups -OCH3 is 2. The van der Waals surface area contributed by atoms with E-state index >= 15 is 0 Å². The summed E-state index contributed by atoms with van der Waals surface area (Å²) in [4.78, 5) is 0. The van der Waals surface area contributed by atoms with Gasteiger partial charge in [0.2, 0.25) is 0 Å². The monoisotopic (exact) mass is 251 g/mol. The molecule has 100 valence electrons. The Morgan fingerprint density at radius 1 is 1.22 bits per heavy atom. The number of benzene rings is 1. The Kier molecular flexibility index (Phi) is 4.09. The summed E-state index contributed by atoms with van der Waals surface area (Å²) in [7, 11) is 3.27. The Hall–Kier alpha value is -1.26. The highest BCUT2D eigenvalue weighted by Gasteiger charge is 2.41. The molecule has 1 aromatic carbocycles. The van der Waals surface area contributed by atoms with Crippen LogP contribution in [0.2, 0.25) is 0 Å². The normalized spacial score (nSPS) is 16.4. The van der Waals surface area contributed by atoms with Gasteiger partial charge in [-0.1, -0.05) is 6.07 Å². The van der Waals surface area contributed by atoms with Crippen molar-refractivity contribution in [2.75, 3.05) is 27.4 Å². The van der Waals surface area contributed by atoms with Gasteiger partial charge in [0.05, 0.1) is 14.2 Å². The van der Waals surface area contributed by atoms with Gasteiger partial charge in [0.25, 0.3) is 0 Å². The summed E-state index contributed by atoms with van der Waals surface area (Å²) in [5.41, 5.74) is 1.30. The van der Waals surface area contributed by atoms with Crippen molar-refractivity contribution in [2.24, 2.45) is 5.41 Å². The summed E-state index contributed by atoms with van der Waals surface area (Å²) < 4.78 is 10.5. The van der Waals surface area contributed by atoms with Gasteiger partial charge in [-0.05, 0) is 30.5 Å². The number of aliphatic hydroxyl groups excluding tert-OH is 1. The second kappa shape index (κ2) is 5.59. The minimum atomic E-state index is 0.149. The molecule has 0 radical (unpaired) electrons. The van der Waals surface area contributed by atoms with Crippen molar-refractivity contribution in [1.29, 1.82) is 0 Å². The number of hydrogen-bond acceptors (Lipinski definition) is 4. The van der Waals surface area contributed by atoms with Crippen molar-refractivity contribution in [3.8, 4) is 11.5 Å². The summed E-state index contributed by atoms with van der Waals surface area (Å²) in [5, 5.41) is 12.6. The molecule has 0 saturated heterocycles. The summed E-state index contributed by atoms with van der Waals surface area (Å²) in [6.07, 6.45) is 2.25. The van der Waals surface area contributed by atoms with Gasteiger partial charge in [0.15, 0.2) is 11.5 Å². The Labute approximate surface area is 108 Å². The van der Waals surface area contributed by atoms with Gasteiger partial charge >= 0.3 is 0 Å². The lowest BCUT2D eigenvalue weighted by Gasteiger charge is -2.14. The van der Waals surface area contributed by atoms with E-state index in [1.54, 1.807) is 14.2 Å². The third-order valence-electron chi connectivity index (χ3n) is 3.57. The second-order valence-electron chi connectivity index (χ2n) is 4.95. The lowest BCUT2D eigenvalue weighted by Crippen LogP contribution is -2.26. The molecule has 1 saturated carbocycles. The first kappa shape index (κ1) is 13.2. The highest BCUT2D eigenvalue weighted by atomic mass is 16.5. The van der Waals surface area contributed by atoms with Crippen molar-refractivity contribution < 1.29 is 14.6 Å². The smallest absolute Gasteiger partial charge is 0.161 e. The van der Waals surface area contributed by atoms with Crippen LogP contribution in [0.25, 0.3) is 0 Å².